The van der Waals surface area contributed by atoms with Crippen LogP contribution in [-0.2, 0) is 12.8 Å². The van der Waals surface area contributed by atoms with E-state index >= 15 is 0 Å². The maximum absolute atomic E-state index is 13.1. The smallest absolute Gasteiger partial charge is 0.343 e. The molecule has 0 unspecified atom stereocenters. The molecule has 0 radical (unpaired) electrons. The first-order valence-electron chi connectivity index (χ1n) is 7.09. The van der Waals surface area contributed by atoms with Crippen molar-refractivity contribution in [3.63, 3.8) is 0 Å². The number of aryl methyl sites for hydroxylation is 1. The van der Waals surface area contributed by atoms with Crippen LogP contribution in [0.15, 0.2) is 57.3 Å². The highest BCUT2D eigenvalue weighted by Gasteiger charge is 2.13. The minimum atomic E-state index is -0.840. The molecular formula is C16H12FN3O4S. The zero-order valence-corrected chi connectivity index (χ0v) is 13.8. The van der Waals surface area contributed by atoms with Crippen LogP contribution >= 0.6 is 11.8 Å². The Hall–Kier alpha value is -2.94. The third-order valence-electron chi connectivity index (χ3n) is 3.13. The molecule has 7 nitrogen and oxygen atoms in total. The summed E-state index contributed by atoms with van der Waals surface area (Å²) in [6.07, 6.45) is 2.62. The number of hydrogen-bond donors (Lipinski definition) is 0. The van der Waals surface area contributed by atoms with Crippen LogP contribution in [0.4, 0.5) is 4.39 Å². The van der Waals surface area contributed by atoms with Crippen LogP contribution in [0.1, 0.15) is 16.1 Å². The highest BCUT2D eigenvalue weighted by atomic mass is 32.2. The Morgan fingerprint density at radius 3 is 2.92 bits per heavy atom. The van der Waals surface area contributed by atoms with Gasteiger partial charge in [0.2, 0.25) is 11.2 Å². The maximum atomic E-state index is 13.1. The van der Waals surface area contributed by atoms with Gasteiger partial charge in [-0.2, -0.15) is 0 Å². The van der Waals surface area contributed by atoms with Gasteiger partial charge in [0.15, 0.2) is 5.16 Å². The van der Waals surface area contributed by atoms with Gasteiger partial charge in [-0.15, -0.1) is 10.2 Å². The number of halogens is 1. The van der Waals surface area contributed by atoms with Gasteiger partial charge in [0.05, 0.1) is 11.3 Å². The van der Waals surface area contributed by atoms with Crippen LogP contribution in [-0.4, -0.2) is 20.7 Å². The van der Waals surface area contributed by atoms with Crippen molar-refractivity contribution in [3.05, 3.63) is 70.3 Å². The molecule has 1 aromatic carbocycles. The Morgan fingerprint density at radius 2 is 2.24 bits per heavy atom. The van der Waals surface area contributed by atoms with Crippen LogP contribution < -0.4 is 10.2 Å². The fourth-order valence-electron chi connectivity index (χ4n) is 1.90. The molecule has 0 aliphatic heterocycles. The first-order chi connectivity index (χ1) is 12.0. The van der Waals surface area contributed by atoms with Gasteiger partial charge in [-0.05, 0) is 18.2 Å². The predicted octanol–water partition coefficient (Wildman–Crippen LogP) is 2.42. The molecule has 3 rings (SSSR count). The van der Waals surface area contributed by atoms with Crippen molar-refractivity contribution < 1.29 is 18.3 Å². The van der Waals surface area contributed by atoms with E-state index in [-0.39, 0.29) is 11.3 Å². The lowest BCUT2D eigenvalue weighted by atomic mass is 10.2. The molecule has 2 heterocycles. The number of hydrogen-bond acceptors (Lipinski definition) is 7. The molecule has 0 amide bonds. The Bertz CT molecular complexity index is 970. The first kappa shape index (κ1) is 16.9. The number of carbonyl (C=O) groups is 1. The number of benzene rings is 1. The SMILES string of the molecule is Cn1cnnc1SCc1cc(=O)c(OC(=O)c2cccc(F)c2)co1. The van der Waals surface area contributed by atoms with Gasteiger partial charge < -0.3 is 13.7 Å². The van der Waals surface area contributed by atoms with E-state index in [0.717, 1.165) is 12.3 Å². The van der Waals surface area contributed by atoms with E-state index in [2.05, 4.69) is 10.2 Å². The third kappa shape index (κ3) is 4.13. The van der Waals surface area contributed by atoms with E-state index in [1.165, 1.54) is 36.0 Å². The monoisotopic (exact) mass is 361 g/mol. The lowest BCUT2D eigenvalue weighted by Gasteiger charge is -2.04. The standard InChI is InChI=1S/C16H12FN3O4S/c1-20-9-18-19-16(20)25-8-12-6-13(21)14(7-23-12)24-15(22)10-3-2-4-11(17)5-10/h2-7,9H,8H2,1H3. The quantitative estimate of drug-likeness (QED) is 0.509. The van der Waals surface area contributed by atoms with E-state index in [0.29, 0.717) is 16.7 Å². The average molecular weight is 361 g/mol. The molecule has 128 valence electrons. The Labute approximate surface area is 145 Å². The largest absolute Gasteiger partial charge is 0.464 e. The van der Waals surface area contributed by atoms with Gasteiger partial charge >= 0.3 is 5.97 Å². The summed E-state index contributed by atoms with van der Waals surface area (Å²) >= 11 is 1.34. The highest BCUT2D eigenvalue weighted by Crippen LogP contribution is 2.20. The molecule has 0 aliphatic rings. The molecule has 25 heavy (non-hydrogen) atoms. The minimum absolute atomic E-state index is 0.00122. The fourth-order valence-corrected chi connectivity index (χ4v) is 2.68. The minimum Gasteiger partial charge on any atom is -0.464 e. The van der Waals surface area contributed by atoms with E-state index < -0.39 is 17.2 Å². The molecule has 0 fully saturated rings. The number of thioether (sulfide) groups is 1. The summed E-state index contributed by atoms with van der Waals surface area (Å²) in [5.74, 6) is -0.921. The zero-order valence-electron chi connectivity index (χ0n) is 13.0. The van der Waals surface area contributed by atoms with E-state index in [1.807, 2.05) is 0 Å². The molecule has 0 saturated carbocycles. The second-order valence-corrected chi connectivity index (χ2v) is 5.93. The van der Waals surface area contributed by atoms with Crippen molar-refractivity contribution in [2.75, 3.05) is 0 Å². The summed E-state index contributed by atoms with van der Waals surface area (Å²) in [5.41, 5.74) is -0.508. The normalized spacial score (nSPS) is 10.6. The lowest BCUT2D eigenvalue weighted by Crippen LogP contribution is -2.14. The molecule has 0 bridgehead atoms. The van der Waals surface area contributed by atoms with Crippen molar-refractivity contribution in [2.45, 2.75) is 10.9 Å². The number of esters is 1. The molecule has 0 saturated heterocycles. The molecule has 0 spiro atoms. The number of ether oxygens (including phenoxy) is 1. The Morgan fingerprint density at radius 1 is 1.40 bits per heavy atom. The summed E-state index contributed by atoms with van der Waals surface area (Å²) in [6.45, 7) is 0. The van der Waals surface area contributed by atoms with Gasteiger partial charge in [0.25, 0.3) is 0 Å². The molecular weight excluding hydrogens is 349 g/mol. The molecule has 0 N–H and O–H groups in total. The highest BCUT2D eigenvalue weighted by molar-refractivity contribution is 7.98. The van der Waals surface area contributed by atoms with Crippen LogP contribution in [0.25, 0.3) is 0 Å². The van der Waals surface area contributed by atoms with Gasteiger partial charge in [-0.1, -0.05) is 17.8 Å². The van der Waals surface area contributed by atoms with Crippen molar-refractivity contribution in [1.82, 2.24) is 14.8 Å². The van der Waals surface area contributed by atoms with Crippen molar-refractivity contribution >= 4 is 17.7 Å². The summed E-state index contributed by atoms with van der Waals surface area (Å²) < 4.78 is 25.1. The number of aromatic nitrogens is 3. The van der Waals surface area contributed by atoms with Crippen LogP contribution in [0.3, 0.4) is 0 Å². The molecule has 2 aromatic heterocycles. The third-order valence-corrected chi connectivity index (χ3v) is 4.19. The number of nitrogens with zero attached hydrogens (tertiary/aromatic N) is 3. The van der Waals surface area contributed by atoms with Crippen molar-refractivity contribution in [2.24, 2.45) is 7.05 Å². The van der Waals surface area contributed by atoms with Gasteiger partial charge in [-0.25, -0.2) is 9.18 Å². The van der Waals surface area contributed by atoms with Crippen LogP contribution in [0.5, 0.6) is 5.75 Å². The summed E-state index contributed by atoms with van der Waals surface area (Å²) in [4.78, 5) is 24.0. The van der Waals surface area contributed by atoms with Crippen LogP contribution in [0.2, 0.25) is 0 Å². The lowest BCUT2D eigenvalue weighted by molar-refractivity contribution is 0.0728. The van der Waals surface area contributed by atoms with Crippen molar-refractivity contribution in [1.29, 1.82) is 0 Å². The second kappa shape index (κ2) is 7.31. The second-order valence-electron chi connectivity index (χ2n) is 4.99. The van der Waals surface area contributed by atoms with E-state index in [4.69, 9.17) is 9.15 Å². The summed E-state index contributed by atoms with van der Waals surface area (Å²) in [7, 11) is 1.80. The molecule has 3 aromatic rings. The first-order valence-corrected chi connectivity index (χ1v) is 8.08. The van der Waals surface area contributed by atoms with E-state index in [1.54, 1.807) is 17.9 Å². The zero-order chi connectivity index (χ0) is 17.8. The topological polar surface area (TPSA) is 87.2 Å². The Balaban J connectivity index is 1.68. The van der Waals surface area contributed by atoms with E-state index in [9.17, 15) is 14.0 Å². The average Bonchev–Trinajstić information content (AvgIpc) is 3.00. The summed E-state index contributed by atoms with van der Waals surface area (Å²) in [6, 6.07) is 6.22. The molecule has 0 atom stereocenters. The van der Waals surface area contributed by atoms with Gasteiger partial charge in [0.1, 0.15) is 24.2 Å². The number of rotatable bonds is 5. The fraction of sp³-hybridized carbons (Fsp3) is 0.125. The predicted molar refractivity (Wildman–Crippen MR) is 86.9 cm³/mol. The number of carbonyl (C=O) groups excluding carboxylic acids is 1. The Kier molecular flexibility index (Phi) is 4.94. The summed E-state index contributed by atoms with van der Waals surface area (Å²) in [5, 5.41) is 8.33. The maximum Gasteiger partial charge on any atom is 0.343 e. The van der Waals surface area contributed by atoms with Gasteiger partial charge in [-0.3, -0.25) is 4.79 Å². The molecule has 9 heteroatoms. The van der Waals surface area contributed by atoms with Crippen molar-refractivity contribution in [3.8, 4) is 5.75 Å². The molecule has 0 aliphatic carbocycles. The van der Waals surface area contributed by atoms with Crippen LogP contribution in [0, 0.1) is 5.82 Å². The van der Waals surface area contributed by atoms with Gasteiger partial charge in [0, 0.05) is 13.1 Å².